The van der Waals surface area contributed by atoms with E-state index < -0.39 is 27.0 Å². The van der Waals surface area contributed by atoms with Gasteiger partial charge >= 0.3 is 5.97 Å². The zero-order valence-corrected chi connectivity index (χ0v) is 21.2. The standard InChI is InChI=1S/C27H24N4O7S/c28-26(29)19-4-1-17(2-5-19)16-38-23-10-7-20-13-18(3-6-21(20)15-23)14-25(27(32)33)30-39(36,37)24-11-8-22(9-12-24)31(34)35/h1-13,15,25,30H,14,16H2,(H3,28,29)(H,32,33). The van der Waals surface area contributed by atoms with Crippen LogP contribution in [0.1, 0.15) is 16.7 Å². The zero-order chi connectivity index (χ0) is 28.2. The Morgan fingerprint density at radius 2 is 1.59 bits per heavy atom. The van der Waals surface area contributed by atoms with Crippen molar-refractivity contribution in [3.8, 4) is 5.75 Å². The van der Waals surface area contributed by atoms with Gasteiger partial charge < -0.3 is 15.6 Å². The van der Waals surface area contributed by atoms with E-state index in [9.17, 15) is 28.4 Å². The fourth-order valence-corrected chi connectivity index (χ4v) is 5.04. The number of hydrogen-bond acceptors (Lipinski definition) is 7. The van der Waals surface area contributed by atoms with Crippen LogP contribution in [0, 0.1) is 15.5 Å². The molecule has 0 bridgehead atoms. The first-order valence-corrected chi connectivity index (χ1v) is 13.1. The van der Waals surface area contributed by atoms with Gasteiger partial charge in [-0.2, -0.15) is 4.72 Å². The monoisotopic (exact) mass is 548 g/mol. The minimum atomic E-state index is -4.24. The molecule has 0 aliphatic heterocycles. The third-order valence-electron chi connectivity index (χ3n) is 5.94. The van der Waals surface area contributed by atoms with Gasteiger partial charge in [-0.15, -0.1) is 0 Å². The number of nitro groups is 1. The summed E-state index contributed by atoms with van der Waals surface area (Å²) in [5.74, 6) is -0.737. The Morgan fingerprint density at radius 1 is 0.974 bits per heavy atom. The summed E-state index contributed by atoms with van der Waals surface area (Å²) in [6.45, 7) is 0.316. The summed E-state index contributed by atoms with van der Waals surface area (Å²) in [5, 5.41) is 29.6. The smallest absolute Gasteiger partial charge is 0.322 e. The summed E-state index contributed by atoms with van der Waals surface area (Å²) in [6, 6.07) is 20.6. The summed E-state index contributed by atoms with van der Waals surface area (Å²) in [5.41, 5.74) is 7.33. The molecule has 200 valence electrons. The summed E-state index contributed by atoms with van der Waals surface area (Å²) >= 11 is 0. The Balaban J connectivity index is 1.45. The molecule has 1 atom stereocenters. The van der Waals surface area contributed by atoms with Crippen LogP contribution < -0.4 is 15.2 Å². The third-order valence-corrected chi connectivity index (χ3v) is 7.43. The number of aliphatic carboxylic acids is 1. The molecule has 0 spiro atoms. The molecule has 0 aromatic heterocycles. The van der Waals surface area contributed by atoms with Crippen LogP contribution >= 0.6 is 0 Å². The lowest BCUT2D eigenvalue weighted by Crippen LogP contribution is -2.42. The van der Waals surface area contributed by atoms with E-state index in [4.69, 9.17) is 15.9 Å². The molecule has 0 amide bonds. The fourth-order valence-electron chi connectivity index (χ4n) is 3.85. The zero-order valence-electron chi connectivity index (χ0n) is 20.4. The maximum atomic E-state index is 12.7. The largest absolute Gasteiger partial charge is 0.489 e. The van der Waals surface area contributed by atoms with E-state index >= 15 is 0 Å². The van der Waals surface area contributed by atoms with E-state index in [-0.39, 0.29) is 22.8 Å². The number of carboxylic acids is 1. The predicted octanol–water partition coefficient (Wildman–Crippen LogP) is 3.59. The predicted molar refractivity (Wildman–Crippen MR) is 144 cm³/mol. The SMILES string of the molecule is N=C(N)c1ccc(COc2ccc3cc(CC(NS(=O)(=O)c4ccc([N+](=O)[O-])cc4)C(=O)O)ccc3c2)cc1. The van der Waals surface area contributed by atoms with Crippen LogP contribution in [0.4, 0.5) is 5.69 Å². The van der Waals surface area contributed by atoms with E-state index in [0.29, 0.717) is 23.5 Å². The minimum Gasteiger partial charge on any atom is -0.489 e. The quantitative estimate of drug-likeness (QED) is 0.0947. The molecule has 0 heterocycles. The fraction of sp³-hybridized carbons (Fsp3) is 0.111. The highest BCUT2D eigenvalue weighted by atomic mass is 32.2. The Labute approximate surface area is 223 Å². The molecule has 4 aromatic carbocycles. The van der Waals surface area contributed by atoms with Gasteiger partial charge in [-0.05, 0) is 52.6 Å². The van der Waals surface area contributed by atoms with Crippen molar-refractivity contribution in [2.24, 2.45) is 5.73 Å². The van der Waals surface area contributed by atoms with Crippen molar-refractivity contribution in [1.82, 2.24) is 4.72 Å². The third kappa shape index (κ3) is 6.74. The number of benzene rings is 4. The molecule has 5 N–H and O–H groups in total. The van der Waals surface area contributed by atoms with Crippen molar-refractivity contribution in [1.29, 1.82) is 5.41 Å². The molecule has 4 rings (SSSR count). The molecular weight excluding hydrogens is 524 g/mol. The van der Waals surface area contributed by atoms with Gasteiger partial charge in [0.2, 0.25) is 10.0 Å². The number of fused-ring (bicyclic) bond motifs is 1. The van der Waals surface area contributed by atoms with Gasteiger partial charge in [0.05, 0.1) is 9.82 Å². The Hall–Kier alpha value is -4.81. The second-order valence-electron chi connectivity index (χ2n) is 8.71. The normalized spacial score (nSPS) is 12.1. The van der Waals surface area contributed by atoms with Crippen molar-refractivity contribution in [3.63, 3.8) is 0 Å². The summed E-state index contributed by atoms with van der Waals surface area (Å²) < 4.78 is 33.4. The van der Waals surface area contributed by atoms with Gasteiger partial charge in [0.1, 0.15) is 24.2 Å². The number of nitrogen functional groups attached to an aromatic ring is 1. The molecule has 0 radical (unpaired) electrons. The lowest BCUT2D eigenvalue weighted by Gasteiger charge is -2.15. The maximum absolute atomic E-state index is 12.7. The van der Waals surface area contributed by atoms with Crippen molar-refractivity contribution in [3.05, 3.63) is 112 Å². The van der Waals surface area contributed by atoms with Gasteiger partial charge in [0.15, 0.2) is 0 Å². The molecule has 0 aliphatic rings. The average Bonchev–Trinajstić information content (AvgIpc) is 2.91. The van der Waals surface area contributed by atoms with Crippen LogP contribution in [0.5, 0.6) is 5.75 Å². The van der Waals surface area contributed by atoms with Crippen LogP contribution in [0.3, 0.4) is 0 Å². The van der Waals surface area contributed by atoms with Crippen LogP contribution in [0.2, 0.25) is 0 Å². The second kappa shape index (κ2) is 11.3. The number of nitrogens with zero attached hydrogens (tertiary/aromatic N) is 1. The Kier molecular flexibility index (Phi) is 7.88. The average molecular weight is 549 g/mol. The number of ether oxygens (including phenoxy) is 1. The summed E-state index contributed by atoms with van der Waals surface area (Å²) in [7, 11) is -4.24. The van der Waals surface area contributed by atoms with Crippen molar-refractivity contribution < 1.29 is 28.0 Å². The van der Waals surface area contributed by atoms with Crippen molar-refractivity contribution in [2.45, 2.75) is 24.0 Å². The highest BCUT2D eigenvalue weighted by Crippen LogP contribution is 2.24. The van der Waals surface area contributed by atoms with Gasteiger partial charge in [0, 0.05) is 17.7 Å². The number of rotatable bonds is 11. The molecule has 0 aliphatic carbocycles. The van der Waals surface area contributed by atoms with Crippen LogP contribution in [0.25, 0.3) is 10.8 Å². The minimum absolute atomic E-state index is 0.00654. The number of nitrogens with one attached hydrogen (secondary N) is 2. The number of nitrogens with two attached hydrogens (primary N) is 1. The molecule has 0 saturated heterocycles. The number of non-ortho nitro benzene ring substituents is 1. The molecular formula is C27H24N4O7S. The summed E-state index contributed by atoms with van der Waals surface area (Å²) in [4.78, 5) is 21.7. The number of amidine groups is 1. The second-order valence-corrected chi connectivity index (χ2v) is 10.4. The molecule has 0 fully saturated rings. The molecule has 1 unspecified atom stereocenters. The van der Waals surface area contributed by atoms with E-state index in [1.54, 1.807) is 36.4 Å². The van der Waals surface area contributed by atoms with E-state index in [1.165, 1.54) is 0 Å². The van der Waals surface area contributed by atoms with Crippen LogP contribution in [-0.2, 0) is 27.8 Å². The lowest BCUT2D eigenvalue weighted by atomic mass is 10.0. The first-order valence-electron chi connectivity index (χ1n) is 11.6. The van der Waals surface area contributed by atoms with Gasteiger partial charge in [-0.1, -0.05) is 48.5 Å². The first kappa shape index (κ1) is 27.2. The molecule has 0 saturated carbocycles. The van der Waals surface area contributed by atoms with Crippen LogP contribution in [0.15, 0.2) is 89.8 Å². The number of carboxylic acid groups (broad SMARTS) is 1. The van der Waals surface area contributed by atoms with Gasteiger partial charge in [-0.25, -0.2) is 8.42 Å². The molecule has 11 nitrogen and oxygen atoms in total. The van der Waals surface area contributed by atoms with E-state index in [1.807, 2.05) is 24.3 Å². The number of carbonyl (C=O) groups is 1. The van der Waals surface area contributed by atoms with Crippen LogP contribution in [-0.4, -0.2) is 36.3 Å². The Morgan fingerprint density at radius 3 is 2.21 bits per heavy atom. The lowest BCUT2D eigenvalue weighted by molar-refractivity contribution is -0.384. The number of hydrogen-bond donors (Lipinski definition) is 4. The highest BCUT2D eigenvalue weighted by Gasteiger charge is 2.26. The molecule has 39 heavy (non-hydrogen) atoms. The van der Waals surface area contributed by atoms with E-state index in [0.717, 1.165) is 40.6 Å². The van der Waals surface area contributed by atoms with Crippen molar-refractivity contribution in [2.75, 3.05) is 0 Å². The Bertz CT molecular complexity index is 1650. The first-order chi connectivity index (χ1) is 18.5. The van der Waals surface area contributed by atoms with Gasteiger partial charge in [-0.3, -0.25) is 20.3 Å². The summed E-state index contributed by atoms with van der Waals surface area (Å²) in [6.07, 6.45) is -0.119. The van der Waals surface area contributed by atoms with Gasteiger partial charge in [0.25, 0.3) is 5.69 Å². The molecule has 4 aromatic rings. The topological polar surface area (TPSA) is 186 Å². The number of nitro benzene ring substituents is 1. The molecule has 12 heteroatoms. The van der Waals surface area contributed by atoms with E-state index in [2.05, 4.69) is 4.72 Å². The van der Waals surface area contributed by atoms with Crippen molar-refractivity contribution >= 4 is 38.3 Å². The number of sulfonamides is 1. The highest BCUT2D eigenvalue weighted by molar-refractivity contribution is 7.89. The maximum Gasteiger partial charge on any atom is 0.322 e.